The van der Waals surface area contributed by atoms with Crippen molar-refractivity contribution < 1.29 is 54.5 Å². The van der Waals surface area contributed by atoms with Crippen LogP contribution in [-0.4, -0.2) is 48.8 Å². The molecular weight excluding hydrogens is 650 g/mol. The first kappa shape index (κ1) is 38.8. The number of esters is 1. The first-order chi connectivity index (χ1) is 22.0. The molecule has 266 valence electrons. The number of hydrogen-bond acceptors (Lipinski definition) is 9. The van der Waals surface area contributed by atoms with Gasteiger partial charge in [0, 0.05) is 22.5 Å². The molecule has 0 aliphatic heterocycles. The Hall–Kier alpha value is -3.66. The number of rotatable bonds is 17. The third-order valence-corrected chi connectivity index (χ3v) is 7.14. The molecular formula is C33H40F6N2O7. The maximum atomic E-state index is 14.2. The highest BCUT2D eigenvalue weighted by atomic mass is 19.3. The van der Waals surface area contributed by atoms with E-state index in [1.54, 1.807) is 32.0 Å². The van der Waals surface area contributed by atoms with Crippen LogP contribution < -0.4 is 21.8 Å². The summed E-state index contributed by atoms with van der Waals surface area (Å²) in [4.78, 5) is 25.1. The van der Waals surface area contributed by atoms with Crippen LogP contribution in [0, 0.1) is 5.92 Å². The summed E-state index contributed by atoms with van der Waals surface area (Å²) in [6.07, 6.45) is -17.2. The molecule has 3 aromatic rings. The highest BCUT2D eigenvalue weighted by molar-refractivity contribution is 5.83. The summed E-state index contributed by atoms with van der Waals surface area (Å²) in [7, 11) is 0. The van der Waals surface area contributed by atoms with Gasteiger partial charge in [0.05, 0.1) is 37.5 Å². The summed E-state index contributed by atoms with van der Waals surface area (Å²) in [5.74, 6) is -2.06. The number of aryl methyl sites for hydroxylation is 1. The number of halogens is 6. The molecule has 2 aromatic carbocycles. The van der Waals surface area contributed by atoms with E-state index in [0.717, 1.165) is 5.56 Å². The Morgan fingerprint density at radius 1 is 0.854 bits per heavy atom. The number of benzene rings is 2. The van der Waals surface area contributed by atoms with E-state index >= 15 is 0 Å². The van der Waals surface area contributed by atoms with Gasteiger partial charge in [-0.3, -0.25) is 4.79 Å². The molecule has 15 heteroatoms. The number of alkyl halides is 6. The van der Waals surface area contributed by atoms with Crippen LogP contribution in [0.1, 0.15) is 59.4 Å². The van der Waals surface area contributed by atoms with Crippen molar-refractivity contribution >= 4 is 16.9 Å². The molecule has 48 heavy (non-hydrogen) atoms. The lowest BCUT2D eigenvalue weighted by Gasteiger charge is -2.33. The van der Waals surface area contributed by atoms with Crippen LogP contribution in [0.15, 0.2) is 57.7 Å². The quantitative estimate of drug-likeness (QED) is 0.0666. The summed E-state index contributed by atoms with van der Waals surface area (Å²) < 4.78 is 107. The van der Waals surface area contributed by atoms with E-state index in [0.29, 0.717) is 22.9 Å². The predicted molar refractivity (Wildman–Crippen MR) is 165 cm³/mol. The number of carbonyl (C=O) groups excluding carboxylic acids is 1. The molecule has 0 saturated carbocycles. The maximum Gasteiger partial charge on any atom is 0.494 e. The SMILES string of the molecule is CCc1ccccc1-c1cc2ccc(OCCC(F)(F)OC(F)(F)OC(F)(F)CCOC(=O)C(CC(C)(C)N)C(C)(C)N)cc2oc1=O. The highest BCUT2D eigenvalue weighted by Crippen LogP contribution is 2.36. The second-order valence-electron chi connectivity index (χ2n) is 12.7. The Morgan fingerprint density at radius 3 is 2.04 bits per heavy atom. The lowest BCUT2D eigenvalue weighted by Crippen LogP contribution is -2.50. The molecule has 9 nitrogen and oxygen atoms in total. The zero-order chi connectivity index (χ0) is 36.1. The molecule has 0 amide bonds. The minimum atomic E-state index is -5.44. The number of ether oxygens (including phenoxy) is 4. The van der Waals surface area contributed by atoms with Gasteiger partial charge in [-0.2, -0.15) is 17.6 Å². The average molecular weight is 691 g/mol. The average Bonchev–Trinajstić information content (AvgIpc) is 2.93. The topological polar surface area (TPSA) is 136 Å². The first-order valence-electron chi connectivity index (χ1n) is 15.1. The van der Waals surface area contributed by atoms with Crippen LogP contribution in [-0.2, 0) is 25.4 Å². The highest BCUT2D eigenvalue weighted by Gasteiger charge is 2.52. The van der Waals surface area contributed by atoms with Crippen molar-refractivity contribution in [1.82, 2.24) is 0 Å². The number of hydrogen-bond donors (Lipinski definition) is 2. The smallest absolute Gasteiger partial charge is 0.493 e. The summed E-state index contributed by atoms with van der Waals surface area (Å²) in [5, 5.41) is 0.506. The summed E-state index contributed by atoms with van der Waals surface area (Å²) in [6, 6.07) is 13.1. The minimum Gasteiger partial charge on any atom is -0.493 e. The molecule has 4 N–H and O–H groups in total. The van der Waals surface area contributed by atoms with Gasteiger partial charge in [0.2, 0.25) is 0 Å². The lowest BCUT2D eigenvalue weighted by atomic mass is 9.80. The molecule has 0 spiro atoms. The number of carbonyl (C=O) groups is 1. The predicted octanol–water partition coefficient (Wildman–Crippen LogP) is 6.97. The molecule has 1 atom stereocenters. The van der Waals surface area contributed by atoms with Crippen LogP contribution in [0.5, 0.6) is 5.75 Å². The van der Waals surface area contributed by atoms with E-state index in [1.165, 1.54) is 32.0 Å². The molecule has 0 aliphatic rings. The lowest BCUT2D eigenvalue weighted by molar-refractivity contribution is -0.514. The van der Waals surface area contributed by atoms with Gasteiger partial charge < -0.3 is 25.4 Å². The molecule has 0 aliphatic carbocycles. The zero-order valence-corrected chi connectivity index (χ0v) is 27.2. The van der Waals surface area contributed by atoms with Crippen molar-refractivity contribution in [3.8, 4) is 16.9 Å². The molecule has 0 fully saturated rings. The van der Waals surface area contributed by atoms with E-state index in [2.05, 4.69) is 9.47 Å². The second kappa shape index (κ2) is 14.8. The maximum absolute atomic E-state index is 14.2. The van der Waals surface area contributed by atoms with Gasteiger partial charge in [-0.15, -0.1) is 8.78 Å². The van der Waals surface area contributed by atoms with Gasteiger partial charge in [-0.05, 0) is 69.9 Å². The molecule has 3 rings (SSSR count). The fourth-order valence-corrected chi connectivity index (χ4v) is 4.77. The Balaban J connectivity index is 1.55. The van der Waals surface area contributed by atoms with Crippen molar-refractivity contribution in [2.45, 2.75) is 89.9 Å². The molecule has 1 aromatic heterocycles. The number of fused-ring (bicyclic) bond motifs is 1. The van der Waals surface area contributed by atoms with Crippen LogP contribution in [0.3, 0.4) is 0 Å². The van der Waals surface area contributed by atoms with Gasteiger partial charge in [0.1, 0.15) is 11.3 Å². The molecule has 1 unspecified atom stereocenters. The summed E-state index contributed by atoms with van der Waals surface area (Å²) in [5.41, 5.74) is 11.3. The van der Waals surface area contributed by atoms with E-state index < -0.39 is 73.2 Å². The van der Waals surface area contributed by atoms with Gasteiger partial charge in [-0.1, -0.05) is 31.2 Å². The van der Waals surface area contributed by atoms with E-state index in [9.17, 15) is 35.9 Å². The molecule has 0 radical (unpaired) electrons. The van der Waals surface area contributed by atoms with Gasteiger partial charge in [-0.25, -0.2) is 14.3 Å². The third-order valence-electron chi connectivity index (χ3n) is 7.14. The fraction of sp³-hybridized carbons (Fsp3) is 0.515. The molecule has 0 saturated heterocycles. The van der Waals surface area contributed by atoms with Crippen LogP contribution in [0.25, 0.3) is 22.1 Å². The third kappa shape index (κ3) is 11.5. The fourth-order valence-electron chi connectivity index (χ4n) is 4.77. The van der Waals surface area contributed by atoms with Crippen molar-refractivity contribution in [3.63, 3.8) is 0 Å². The van der Waals surface area contributed by atoms with Gasteiger partial charge in [0.25, 0.3) is 0 Å². The van der Waals surface area contributed by atoms with Crippen molar-refractivity contribution in [2.75, 3.05) is 13.2 Å². The summed E-state index contributed by atoms with van der Waals surface area (Å²) >= 11 is 0. The van der Waals surface area contributed by atoms with E-state index in [-0.39, 0.29) is 17.8 Å². The van der Waals surface area contributed by atoms with E-state index in [4.69, 9.17) is 25.4 Å². The Morgan fingerprint density at radius 2 is 1.46 bits per heavy atom. The Kier molecular flexibility index (Phi) is 12.0. The van der Waals surface area contributed by atoms with Crippen LogP contribution in [0.2, 0.25) is 0 Å². The van der Waals surface area contributed by atoms with E-state index in [1.807, 2.05) is 19.1 Å². The van der Waals surface area contributed by atoms with Crippen LogP contribution in [0.4, 0.5) is 26.3 Å². The zero-order valence-electron chi connectivity index (χ0n) is 27.2. The van der Waals surface area contributed by atoms with Crippen molar-refractivity contribution in [2.24, 2.45) is 17.4 Å². The first-order valence-corrected chi connectivity index (χ1v) is 15.1. The minimum absolute atomic E-state index is 0.0274. The van der Waals surface area contributed by atoms with Crippen molar-refractivity contribution in [1.29, 1.82) is 0 Å². The standard InChI is InChI=1S/C33H40F6N2O7/c1-6-20-9-7-8-10-23(20)24-17-21-11-12-22(18-26(21)46-27(24)42)44-15-13-31(34,35)47-33(38,39)48-32(36,37)14-16-45-28(43)25(30(4,5)41)19-29(2,3)40/h7-12,17-18,25H,6,13-16,19,40-41H2,1-5H3. The number of nitrogens with two attached hydrogens (primary N) is 2. The van der Waals surface area contributed by atoms with Gasteiger partial charge >= 0.3 is 30.1 Å². The molecule has 1 heterocycles. The molecule has 0 bridgehead atoms. The second-order valence-corrected chi connectivity index (χ2v) is 12.7. The Bertz CT molecular complexity index is 1620. The van der Waals surface area contributed by atoms with Crippen LogP contribution >= 0.6 is 0 Å². The summed E-state index contributed by atoms with van der Waals surface area (Å²) in [6.45, 7) is 6.16. The largest absolute Gasteiger partial charge is 0.494 e. The Labute approximate surface area is 273 Å². The monoisotopic (exact) mass is 690 g/mol. The van der Waals surface area contributed by atoms with Gasteiger partial charge in [0.15, 0.2) is 0 Å². The normalized spacial score (nSPS) is 13.9. The van der Waals surface area contributed by atoms with Crippen molar-refractivity contribution in [3.05, 3.63) is 64.5 Å².